The summed E-state index contributed by atoms with van der Waals surface area (Å²) in [6, 6.07) is 45.7. The van der Waals surface area contributed by atoms with Crippen LogP contribution in [0, 0.1) is 0 Å². The quantitative estimate of drug-likeness (QED) is 0.170. The number of hydrazone groups is 1. The van der Waals surface area contributed by atoms with Gasteiger partial charge in [0.2, 0.25) is 5.89 Å². The molecule has 0 N–H and O–H groups in total. The lowest BCUT2D eigenvalue weighted by Crippen LogP contribution is -2.18. The third-order valence-corrected chi connectivity index (χ3v) is 7.87. The second-order valence-electron chi connectivity index (χ2n) is 10.7. The summed E-state index contributed by atoms with van der Waals surface area (Å²) in [6.07, 6.45) is 6.85. The third-order valence-electron chi connectivity index (χ3n) is 7.87. The maximum absolute atomic E-state index is 6.01. The maximum Gasteiger partial charge on any atom is 0.226 e. The zero-order chi connectivity index (χ0) is 29.7. The summed E-state index contributed by atoms with van der Waals surface area (Å²) >= 11 is 0. The minimum absolute atomic E-state index is 0.126. The van der Waals surface area contributed by atoms with Crippen molar-refractivity contribution in [3.8, 4) is 28.5 Å². The van der Waals surface area contributed by atoms with Gasteiger partial charge in [0.25, 0.3) is 0 Å². The number of nitrogens with zero attached hydrogens (tertiary/aromatic N) is 3. The van der Waals surface area contributed by atoms with Gasteiger partial charge in [-0.1, -0.05) is 97.1 Å². The van der Waals surface area contributed by atoms with Crippen molar-refractivity contribution in [3.05, 3.63) is 162 Å². The molecule has 214 valence electrons. The average molecular weight is 574 g/mol. The first kappa shape index (κ1) is 27.2. The highest BCUT2D eigenvalue weighted by Gasteiger charge is 2.29. The molecule has 1 aliphatic heterocycles. The van der Waals surface area contributed by atoms with E-state index in [0.29, 0.717) is 5.89 Å². The van der Waals surface area contributed by atoms with E-state index in [9.17, 15) is 0 Å². The van der Waals surface area contributed by atoms with Crippen LogP contribution in [0.4, 0.5) is 5.69 Å². The zero-order valence-corrected chi connectivity index (χ0v) is 24.4. The highest BCUT2D eigenvalue weighted by atomic mass is 16.5. The van der Waals surface area contributed by atoms with Gasteiger partial charge in [-0.3, -0.25) is 5.01 Å². The van der Waals surface area contributed by atoms with Gasteiger partial charge < -0.3 is 9.15 Å². The predicted octanol–water partition coefficient (Wildman–Crippen LogP) is 9.54. The number of hydrogen-bond acceptors (Lipinski definition) is 5. The SMILES string of the molecule is COc1ccc(C2=NN(c3ccc(C=Cc4ccc(-c5ncc(-c6ccccc6)o5)cc4)cc3)C(c3ccccc3)C2)cc1. The molecule has 5 nitrogen and oxygen atoms in total. The average Bonchev–Trinajstić information content (AvgIpc) is 3.78. The minimum atomic E-state index is 0.126. The lowest BCUT2D eigenvalue weighted by molar-refractivity contribution is 0.415. The van der Waals surface area contributed by atoms with Crippen molar-refractivity contribution >= 4 is 23.6 Å². The molecule has 1 aliphatic rings. The van der Waals surface area contributed by atoms with Crippen LogP contribution in [0.5, 0.6) is 5.75 Å². The summed E-state index contributed by atoms with van der Waals surface area (Å²) in [5, 5.41) is 7.24. The maximum atomic E-state index is 6.01. The van der Waals surface area contributed by atoms with Crippen molar-refractivity contribution in [2.75, 3.05) is 12.1 Å². The van der Waals surface area contributed by atoms with E-state index in [1.807, 2.05) is 54.6 Å². The molecule has 0 amide bonds. The van der Waals surface area contributed by atoms with E-state index in [0.717, 1.165) is 57.1 Å². The first-order valence-corrected chi connectivity index (χ1v) is 14.7. The summed E-state index contributed by atoms with van der Waals surface area (Å²) in [6.45, 7) is 0. The van der Waals surface area contributed by atoms with Crippen LogP contribution in [0.3, 0.4) is 0 Å². The van der Waals surface area contributed by atoms with Crippen LogP contribution in [0.1, 0.15) is 34.7 Å². The van der Waals surface area contributed by atoms with Crippen molar-refractivity contribution in [2.24, 2.45) is 5.10 Å². The zero-order valence-electron chi connectivity index (χ0n) is 24.4. The summed E-state index contributed by atoms with van der Waals surface area (Å²) < 4.78 is 11.4. The summed E-state index contributed by atoms with van der Waals surface area (Å²) in [7, 11) is 1.69. The van der Waals surface area contributed by atoms with Gasteiger partial charge in [0.05, 0.1) is 30.7 Å². The molecular formula is C39H31N3O2. The molecule has 0 spiro atoms. The van der Waals surface area contributed by atoms with Crippen LogP contribution < -0.4 is 9.75 Å². The lowest BCUT2D eigenvalue weighted by Gasteiger charge is -2.24. The summed E-state index contributed by atoms with van der Waals surface area (Å²) in [5.74, 6) is 2.22. The van der Waals surface area contributed by atoms with E-state index >= 15 is 0 Å². The van der Waals surface area contributed by atoms with Gasteiger partial charge in [0, 0.05) is 17.5 Å². The fourth-order valence-electron chi connectivity index (χ4n) is 5.45. The standard InChI is InChI=1S/C39H31N3O2/c1-43-35-24-20-30(21-25-35)36-26-37(31-8-4-2-5-9-31)42(41-36)34-22-16-29(17-23-34)13-12-28-14-18-33(19-15-28)39-40-27-38(44-39)32-10-6-3-7-11-32/h2-25,27,37H,26H2,1H3. The topological polar surface area (TPSA) is 50.9 Å². The van der Waals surface area contributed by atoms with E-state index in [1.54, 1.807) is 13.3 Å². The largest absolute Gasteiger partial charge is 0.497 e. The molecule has 0 bridgehead atoms. The molecule has 0 fully saturated rings. The molecule has 5 aromatic carbocycles. The van der Waals surface area contributed by atoms with E-state index in [-0.39, 0.29) is 6.04 Å². The van der Waals surface area contributed by atoms with Gasteiger partial charge in [-0.15, -0.1) is 0 Å². The molecule has 0 saturated carbocycles. The number of benzene rings is 5. The molecule has 1 aromatic heterocycles. The molecule has 2 heterocycles. The molecule has 7 rings (SSSR count). The number of anilines is 1. The summed E-state index contributed by atoms with van der Waals surface area (Å²) in [5.41, 5.74) is 8.66. The number of aromatic nitrogens is 1. The molecular weight excluding hydrogens is 542 g/mol. The van der Waals surface area contributed by atoms with Crippen molar-refractivity contribution < 1.29 is 9.15 Å². The molecule has 6 aromatic rings. The Morgan fingerprint density at radius 3 is 1.95 bits per heavy atom. The van der Waals surface area contributed by atoms with Crippen LogP contribution in [0.25, 0.3) is 34.9 Å². The minimum Gasteiger partial charge on any atom is -0.497 e. The highest BCUT2D eigenvalue weighted by Crippen LogP contribution is 2.37. The molecule has 5 heteroatoms. The Labute approximate surface area is 257 Å². The lowest BCUT2D eigenvalue weighted by atomic mass is 9.98. The number of oxazole rings is 1. The Morgan fingerprint density at radius 2 is 1.30 bits per heavy atom. The van der Waals surface area contributed by atoms with Gasteiger partial charge in [0.15, 0.2) is 5.76 Å². The van der Waals surface area contributed by atoms with Crippen molar-refractivity contribution in [3.63, 3.8) is 0 Å². The van der Waals surface area contributed by atoms with Gasteiger partial charge >= 0.3 is 0 Å². The first-order chi connectivity index (χ1) is 21.7. The van der Waals surface area contributed by atoms with Crippen LogP contribution in [0.15, 0.2) is 149 Å². The molecule has 0 saturated heterocycles. The van der Waals surface area contributed by atoms with Crippen molar-refractivity contribution in [1.82, 2.24) is 4.98 Å². The Kier molecular flexibility index (Phi) is 7.58. The van der Waals surface area contributed by atoms with Gasteiger partial charge in [-0.2, -0.15) is 5.10 Å². The molecule has 1 atom stereocenters. The van der Waals surface area contributed by atoms with Gasteiger partial charge in [-0.25, -0.2) is 4.98 Å². The van der Waals surface area contributed by atoms with Crippen molar-refractivity contribution in [1.29, 1.82) is 0 Å². The molecule has 44 heavy (non-hydrogen) atoms. The first-order valence-electron chi connectivity index (χ1n) is 14.7. The second kappa shape index (κ2) is 12.3. The van der Waals surface area contributed by atoms with Crippen LogP contribution in [-0.4, -0.2) is 17.8 Å². The Morgan fingerprint density at radius 1 is 0.682 bits per heavy atom. The smallest absolute Gasteiger partial charge is 0.226 e. The molecule has 1 unspecified atom stereocenters. The molecule has 0 radical (unpaired) electrons. The van der Waals surface area contributed by atoms with Crippen molar-refractivity contribution in [2.45, 2.75) is 12.5 Å². The second-order valence-corrected chi connectivity index (χ2v) is 10.7. The van der Waals surface area contributed by atoms with Crippen LogP contribution in [-0.2, 0) is 0 Å². The summed E-state index contributed by atoms with van der Waals surface area (Å²) in [4.78, 5) is 4.48. The number of hydrogen-bond donors (Lipinski definition) is 0. The fourth-order valence-corrected chi connectivity index (χ4v) is 5.45. The number of rotatable bonds is 8. The van der Waals surface area contributed by atoms with E-state index in [2.05, 4.69) is 101 Å². The Bertz CT molecular complexity index is 1890. The highest BCUT2D eigenvalue weighted by molar-refractivity contribution is 6.03. The van der Waals surface area contributed by atoms with Crippen LogP contribution >= 0.6 is 0 Å². The monoisotopic (exact) mass is 573 g/mol. The number of methoxy groups -OCH3 is 1. The Hall–Kier alpha value is -5.68. The van der Waals surface area contributed by atoms with Gasteiger partial charge in [0.1, 0.15) is 5.75 Å². The predicted molar refractivity (Wildman–Crippen MR) is 179 cm³/mol. The number of ether oxygens (including phenoxy) is 1. The third kappa shape index (κ3) is 5.81. The van der Waals surface area contributed by atoms with E-state index < -0.39 is 0 Å². The van der Waals surface area contributed by atoms with Crippen LogP contribution in [0.2, 0.25) is 0 Å². The normalized spacial score (nSPS) is 14.6. The fraction of sp³-hybridized carbons (Fsp3) is 0.0769. The van der Waals surface area contributed by atoms with E-state index in [1.165, 1.54) is 5.56 Å². The van der Waals surface area contributed by atoms with E-state index in [4.69, 9.17) is 14.3 Å². The molecule has 0 aliphatic carbocycles. The van der Waals surface area contributed by atoms with Gasteiger partial charge in [-0.05, 0) is 70.8 Å². The Balaban J connectivity index is 1.07.